The minimum Gasteiger partial charge on any atom is -0.591 e. The zero-order valence-electron chi connectivity index (χ0n) is 14.4. The molecular weight excluding hydrogens is 392 g/mol. The van der Waals surface area contributed by atoms with E-state index in [1.807, 2.05) is 45.9 Å². The molecule has 7 heteroatoms. The van der Waals surface area contributed by atoms with Gasteiger partial charge in [-0.25, -0.2) is 4.79 Å². The Kier molecular flexibility index (Phi) is 5.78. The Balaban J connectivity index is 2.55. The number of para-hydroxylation sites is 1. The van der Waals surface area contributed by atoms with Crippen molar-refractivity contribution >= 4 is 49.9 Å². The summed E-state index contributed by atoms with van der Waals surface area (Å²) in [5.74, 6) is -0.417. The number of fused-ring (bicyclic) bond motifs is 1. The summed E-state index contributed by atoms with van der Waals surface area (Å²) in [5.41, 5.74) is 2.59. The predicted molar refractivity (Wildman–Crippen MR) is 102 cm³/mol. The first-order valence-corrected chi connectivity index (χ1v) is 9.51. The molecule has 1 aromatic carbocycles. The van der Waals surface area contributed by atoms with Gasteiger partial charge in [0.1, 0.15) is 21.8 Å². The normalized spacial score (nSPS) is 14.0. The molecule has 1 N–H and O–H groups in total. The number of benzene rings is 1. The second-order valence-electron chi connectivity index (χ2n) is 6.30. The SMILES string of the molecule is CCOC(=O)c1[nH]c2c(/C(C)=N/[S+]([O-])C(C)(C)C)cccc2c1Br. The maximum atomic E-state index is 12.3. The molecule has 0 aliphatic rings. The van der Waals surface area contributed by atoms with Crippen LogP contribution in [0, 0.1) is 0 Å². The predicted octanol–water partition coefficient (Wildman–Crippen LogP) is 4.38. The molecule has 0 amide bonds. The number of hydrogen-bond acceptors (Lipinski definition) is 4. The van der Waals surface area contributed by atoms with E-state index < -0.39 is 22.1 Å². The Morgan fingerprint density at radius 2 is 2.08 bits per heavy atom. The van der Waals surface area contributed by atoms with Gasteiger partial charge in [0, 0.05) is 10.9 Å². The Labute approximate surface area is 153 Å². The topological polar surface area (TPSA) is 77.5 Å². The number of nitrogens with one attached hydrogen (secondary N) is 1. The molecule has 1 heterocycles. The van der Waals surface area contributed by atoms with Crippen molar-refractivity contribution in [1.29, 1.82) is 0 Å². The molecule has 130 valence electrons. The number of ether oxygens (including phenoxy) is 1. The lowest BCUT2D eigenvalue weighted by atomic mass is 10.1. The molecule has 0 radical (unpaired) electrons. The van der Waals surface area contributed by atoms with Crippen LogP contribution in [0.25, 0.3) is 10.9 Å². The number of nitrogens with zero attached hydrogens (tertiary/aromatic N) is 1. The lowest BCUT2D eigenvalue weighted by molar-refractivity contribution is 0.0519. The van der Waals surface area contributed by atoms with Crippen molar-refractivity contribution in [3.05, 3.63) is 33.9 Å². The number of aromatic nitrogens is 1. The van der Waals surface area contributed by atoms with Gasteiger partial charge in [-0.1, -0.05) is 22.6 Å². The third-order valence-corrected chi connectivity index (χ3v) is 5.69. The summed E-state index contributed by atoms with van der Waals surface area (Å²) < 4.78 is 21.9. The molecule has 1 unspecified atom stereocenters. The molecule has 5 nitrogen and oxygen atoms in total. The van der Waals surface area contributed by atoms with Crippen molar-refractivity contribution in [2.75, 3.05) is 6.61 Å². The quantitative estimate of drug-likeness (QED) is 0.459. The van der Waals surface area contributed by atoms with E-state index in [9.17, 15) is 9.35 Å². The largest absolute Gasteiger partial charge is 0.591 e. The lowest BCUT2D eigenvalue weighted by Crippen LogP contribution is -2.26. The summed E-state index contributed by atoms with van der Waals surface area (Å²) in [6, 6.07) is 5.67. The van der Waals surface area contributed by atoms with Crippen LogP contribution in [0.4, 0.5) is 0 Å². The number of halogens is 1. The van der Waals surface area contributed by atoms with Crippen LogP contribution in [0.2, 0.25) is 0 Å². The smallest absolute Gasteiger partial charge is 0.355 e. The maximum absolute atomic E-state index is 12.3. The van der Waals surface area contributed by atoms with E-state index in [1.165, 1.54) is 0 Å². The Bertz CT molecular complexity index is 793. The number of H-pyrrole nitrogens is 1. The molecule has 1 aromatic heterocycles. The van der Waals surface area contributed by atoms with Gasteiger partial charge in [-0.05, 0) is 50.5 Å². The monoisotopic (exact) mass is 412 g/mol. The highest BCUT2D eigenvalue weighted by atomic mass is 79.9. The molecule has 0 aliphatic heterocycles. The van der Waals surface area contributed by atoms with E-state index in [4.69, 9.17) is 4.74 Å². The number of esters is 1. The summed E-state index contributed by atoms with van der Waals surface area (Å²) in [6.07, 6.45) is 0. The Hall–Kier alpha value is -1.31. The first kappa shape index (κ1) is 19.0. The fourth-order valence-electron chi connectivity index (χ4n) is 2.14. The van der Waals surface area contributed by atoms with Crippen molar-refractivity contribution < 1.29 is 14.1 Å². The van der Waals surface area contributed by atoms with Gasteiger partial charge >= 0.3 is 5.97 Å². The van der Waals surface area contributed by atoms with Gasteiger partial charge in [-0.3, -0.25) is 0 Å². The lowest BCUT2D eigenvalue weighted by Gasteiger charge is -2.18. The van der Waals surface area contributed by atoms with Crippen LogP contribution in [-0.2, 0) is 16.1 Å². The van der Waals surface area contributed by atoms with Gasteiger partial charge in [-0.2, -0.15) is 0 Å². The van der Waals surface area contributed by atoms with E-state index in [0.717, 1.165) is 16.5 Å². The molecule has 0 spiro atoms. The van der Waals surface area contributed by atoms with Crippen molar-refractivity contribution in [1.82, 2.24) is 4.98 Å². The van der Waals surface area contributed by atoms with Gasteiger partial charge in [0.25, 0.3) is 0 Å². The minimum atomic E-state index is -1.35. The molecule has 0 bridgehead atoms. The summed E-state index contributed by atoms with van der Waals surface area (Å²) in [6.45, 7) is 9.52. The summed E-state index contributed by atoms with van der Waals surface area (Å²) in [5, 5.41) is 0.853. The first-order valence-electron chi connectivity index (χ1n) is 7.61. The van der Waals surface area contributed by atoms with E-state index in [-0.39, 0.29) is 0 Å². The van der Waals surface area contributed by atoms with Crippen molar-refractivity contribution in [3.63, 3.8) is 0 Å². The van der Waals surface area contributed by atoms with Crippen molar-refractivity contribution in [2.45, 2.75) is 39.4 Å². The van der Waals surface area contributed by atoms with Gasteiger partial charge in [0.15, 0.2) is 0 Å². The van der Waals surface area contributed by atoms with E-state index in [2.05, 4.69) is 25.3 Å². The number of carbonyl (C=O) groups is 1. The van der Waals surface area contributed by atoms with Crippen LogP contribution < -0.4 is 0 Å². The number of aromatic amines is 1. The third-order valence-electron chi connectivity index (χ3n) is 3.38. The molecule has 24 heavy (non-hydrogen) atoms. The Morgan fingerprint density at radius 1 is 1.42 bits per heavy atom. The van der Waals surface area contributed by atoms with E-state index in [0.29, 0.717) is 22.5 Å². The van der Waals surface area contributed by atoms with Gasteiger partial charge in [0.05, 0.1) is 22.3 Å². The summed E-state index contributed by atoms with van der Waals surface area (Å²) in [7, 11) is 0. The zero-order valence-corrected chi connectivity index (χ0v) is 16.8. The van der Waals surface area contributed by atoms with E-state index >= 15 is 0 Å². The average molecular weight is 413 g/mol. The highest BCUT2D eigenvalue weighted by Crippen LogP contribution is 2.31. The number of hydrogen-bond donors (Lipinski definition) is 1. The van der Waals surface area contributed by atoms with Crippen LogP contribution >= 0.6 is 15.9 Å². The van der Waals surface area contributed by atoms with Gasteiger partial charge < -0.3 is 14.3 Å². The van der Waals surface area contributed by atoms with Crippen LogP contribution in [0.1, 0.15) is 50.7 Å². The third kappa shape index (κ3) is 3.84. The zero-order chi connectivity index (χ0) is 18.1. The van der Waals surface area contributed by atoms with Crippen LogP contribution in [0.5, 0.6) is 0 Å². The molecule has 2 rings (SSSR count). The van der Waals surface area contributed by atoms with Gasteiger partial charge in [0.2, 0.25) is 0 Å². The van der Waals surface area contributed by atoms with Crippen LogP contribution in [0.15, 0.2) is 27.1 Å². The Morgan fingerprint density at radius 3 is 2.67 bits per heavy atom. The fourth-order valence-corrected chi connectivity index (χ4v) is 3.35. The summed E-state index contributed by atoms with van der Waals surface area (Å²) in [4.78, 5) is 15.2. The molecule has 0 aliphatic carbocycles. The molecule has 0 fully saturated rings. The average Bonchev–Trinajstić information content (AvgIpc) is 2.84. The number of carbonyl (C=O) groups excluding carboxylic acids is 1. The highest BCUT2D eigenvalue weighted by Gasteiger charge is 2.27. The minimum absolute atomic E-state index is 0.304. The maximum Gasteiger partial charge on any atom is 0.355 e. The van der Waals surface area contributed by atoms with Gasteiger partial charge in [-0.15, -0.1) is 0 Å². The van der Waals surface area contributed by atoms with Crippen LogP contribution in [-0.4, -0.2) is 32.6 Å². The van der Waals surface area contributed by atoms with E-state index in [1.54, 1.807) is 6.92 Å². The first-order chi connectivity index (χ1) is 11.2. The molecule has 0 saturated carbocycles. The second kappa shape index (κ2) is 7.29. The standard InChI is InChI=1S/C17H21BrN2O3S/c1-6-23-16(21)15-13(18)12-9-7-8-11(14(12)19-15)10(2)20-24(22)17(3,4)5/h7-9,19H,6H2,1-5H3/b20-10+. The number of rotatable bonds is 4. The molecular formula is C17H21BrN2O3S. The molecule has 2 aromatic rings. The fraction of sp³-hybridized carbons (Fsp3) is 0.412. The second-order valence-corrected chi connectivity index (χ2v) is 9.00. The van der Waals surface area contributed by atoms with Crippen molar-refractivity contribution in [2.24, 2.45) is 4.40 Å². The molecule has 0 saturated heterocycles. The van der Waals surface area contributed by atoms with Crippen LogP contribution in [0.3, 0.4) is 0 Å². The van der Waals surface area contributed by atoms with Crippen molar-refractivity contribution in [3.8, 4) is 0 Å². The molecule has 1 atom stereocenters. The summed E-state index contributed by atoms with van der Waals surface area (Å²) >= 11 is 2.11. The highest BCUT2D eigenvalue weighted by molar-refractivity contribution is 9.10.